The minimum absolute atomic E-state index is 0.834. The van der Waals surface area contributed by atoms with E-state index in [1.807, 2.05) is 31.2 Å². The topological polar surface area (TPSA) is 33.6 Å². The third-order valence-electron chi connectivity index (χ3n) is 1.56. The lowest BCUT2D eigenvalue weighted by molar-refractivity contribution is 0.415. The minimum Gasteiger partial charge on any atom is -0.497 e. The molecule has 0 bridgehead atoms. The fourth-order valence-electron chi connectivity index (χ4n) is 0.933. The van der Waals surface area contributed by atoms with Crippen LogP contribution in [0.25, 0.3) is 0 Å². The normalized spacial score (nSPS) is 10.3. The van der Waals surface area contributed by atoms with Crippen LogP contribution in [-0.2, 0) is 0 Å². The zero-order valence-corrected chi connectivity index (χ0v) is 7.95. The Hall–Kier alpha value is -1.51. The van der Waals surface area contributed by atoms with E-state index in [0.717, 1.165) is 17.9 Å². The molecule has 0 aliphatic rings. The predicted molar refractivity (Wildman–Crippen MR) is 54.3 cm³/mol. The summed E-state index contributed by atoms with van der Waals surface area (Å²) >= 11 is 0. The minimum atomic E-state index is 0.834. The van der Waals surface area contributed by atoms with Gasteiger partial charge in [0.25, 0.3) is 0 Å². The van der Waals surface area contributed by atoms with E-state index in [4.69, 9.17) is 4.74 Å². The first-order valence-electron chi connectivity index (χ1n) is 4.26. The van der Waals surface area contributed by atoms with Gasteiger partial charge in [0.05, 0.1) is 13.3 Å². The first-order valence-corrected chi connectivity index (χ1v) is 4.26. The predicted octanol–water partition coefficient (Wildman–Crippen LogP) is 1.64. The fraction of sp³-hybridized carbons (Fsp3) is 0.300. The average Bonchev–Trinajstić information content (AvgIpc) is 2.19. The molecule has 1 rings (SSSR count). The van der Waals surface area contributed by atoms with Gasteiger partial charge in [-0.15, -0.1) is 0 Å². The van der Waals surface area contributed by atoms with Crippen LogP contribution in [-0.4, -0.2) is 19.9 Å². The molecule has 1 aromatic rings. The van der Waals surface area contributed by atoms with Crippen molar-refractivity contribution in [2.75, 3.05) is 13.7 Å². The standard InChI is InChI=1S/C10H14N2O/c1-3-11-12-8-9-5-4-6-10(7-9)13-2/h4-8,11H,3H2,1-2H3/b12-8+. The second kappa shape index (κ2) is 5.19. The lowest BCUT2D eigenvalue weighted by Gasteiger charge is -1.99. The molecule has 0 radical (unpaired) electrons. The number of benzene rings is 1. The van der Waals surface area contributed by atoms with E-state index in [9.17, 15) is 0 Å². The van der Waals surface area contributed by atoms with Crippen molar-refractivity contribution in [2.24, 2.45) is 5.10 Å². The highest BCUT2D eigenvalue weighted by Gasteiger charge is 1.90. The van der Waals surface area contributed by atoms with Gasteiger partial charge in [-0.05, 0) is 24.6 Å². The van der Waals surface area contributed by atoms with Crippen molar-refractivity contribution in [3.05, 3.63) is 29.8 Å². The smallest absolute Gasteiger partial charge is 0.119 e. The zero-order valence-electron chi connectivity index (χ0n) is 7.95. The number of ether oxygens (including phenoxy) is 1. The molecule has 70 valence electrons. The molecule has 0 aliphatic heterocycles. The van der Waals surface area contributed by atoms with Gasteiger partial charge in [0.15, 0.2) is 0 Å². The van der Waals surface area contributed by atoms with E-state index in [0.29, 0.717) is 0 Å². The Morgan fingerprint density at radius 2 is 2.38 bits per heavy atom. The third-order valence-corrected chi connectivity index (χ3v) is 1.56. The second-order valence-corrected chi connectivity index (χ2v) is 2.55. The second-order valence-electron chi connectivity index (χ2n) is 2.55. The van der Waals surface area contributed by atoms with Crippen molar-refractivity contribution in [3.8, 4) is 5.75 Å². The summed E-state index contributed by atoms with van der Waals surface area (Å²) in [7, 11) is 1.65. The Kier molecular flexibility index (Phi) is 3.82. The molecule has 3 heteroatoms. The Balaban J connectivity index is 2.66. The third kappa shape index (κ3) is 3.15. The highest BCUT2D eigenvalue weighted by atomic mass is 16.5. The van der Waals surface area contributed by atoms with Gasteiger partial charge in [-0.1, -0.05) is 12.1 Å². The molecular weight excluding hydrogens is 164 g/mol. The molecule has 0 saturated carbocycles. The molecule has 0 aliphatic carbocycles. The van der Waals surface area contributed by atoms with Crippen molar-refractivity contribution in [3.63, 3.8) is 0 Å². The maximum Gasteiger partial charge on any atom is 0.119 e. The highest BCUT2D eigenvalue weighted by Crippen LogP contribution is 2.10. The maximum atomic E-state index is 5.08. The summed E-state index contributed by atoms with van der Waals surface area (Å²) in [6.45, 7) is 2.84. The van der Waals surface area contributed by atoms with Crippen LogP contribution in [0.2, 0.25) is 0 Å². The molecular formula is C10H14N2O. The number of hydrazone groups is 1. The summed E-state index contributed by atoms with van der Waals surface area (Å²) in [4.78, 5) is 0. The molecule has 1 N–H and O–H groups in total. The van der Waals surface area contributed by atoms with Crippen molar-refractivity contribution >= 4 is 6.21 Å². The molecule has 0 spiro atoms. The molecule has 0 saturated heterocycles. The van der Waals surface area contributed by atoms with E-state index in [1.165, 1.54) is 0 Å². The van der Waals surface area contributed by atoms with Gasteiger partial charge in [-0.25, -0.2) is 0 Å². The van der Waals surface area contributed by atoms with Crippen molar-refractivity contribution in [1.82, 2.24) is 5.43 Å². The van der Waals surface area contributed by atoms with Crippen LogP contribution in [0.3, 0.4) is 0 Å². The lowest BCUT2D eigenvalue weighted by atomic mass is 10.2. The summed E-state index contributed by atoms with van der Waals surface area (Å²) < 4.78 is 5.08. The SMILES string of the molecule is CCN/N=C/c1cccc(OC)c1. The summed E-state index contributed by atoms with van der Waals surface area (Å²) in [6, 6.07) is 7.75. The Morgan fingerprint density at radius 1 is 1.54 bits per heavy atom. The van der Waals surface area contributed by atoms with Crippen LogP contribution < -0.4 is 10.2 Å². The Bertz CT molecular complexity index is 284. The number of hydrogen-bond acceptors (Lipinski definition) is 3. The van der Waals surface area contributed by atoms with Crippen molar-refractivity contribution in [2.45, 2.75) is 6.92 Å². The van der Waals surface area contributed by atoms with Gasteiger partial charge in [-0.3, -0.25) is 0 Å². The quantitative estimate of drug-likeness (QED) is 0.561. The fourth-order valence-corrected chi connectivity index (χ4v) is 0.933. The van der Waals surface area contributed by atoms with Crippen LogP contribution >= 0.6 is 0 Å². The average molecular weight is 178 g/mol. The number of rotatable bonds is 4. The Morgan fingerprint density at radius 3 is 3.08 bits per heavy atom. The number of nitrogens with one attached hydrogen (secondary N) is 1. The van der Waals surface area contributed by atoms with E-state index >= 15 is 0 Å². The molecule has 0 fully saturated rings. The van der Waals surface area contributed by atoms with Crippen LogP contribution in [0, 0.1) is 0 Å². The summed E-state index contributed by atoms with van der Waals surface area (Å²) in [5, 5.41) is 4.00. The molecule has 0 aromatic heterocycles. The van der Waals surface area contributed by atoms with E-state index < -0.39 is 0 Å². The first-order chi connectivity index (χ1) is 6.36. The molecule has 0 atom stereocenters. The van der Waals surface area contributed by atoms with Crippen LogP contribution in [0.15, 0.2) is 29.4 Å². The molecule has 0 unspecified atom stereocenters. The molecule has 0 heterocycles. The number of methoxy groups -OCH3 is 1. The largest absolute Gasteiger partial charge is 0.497 e. The number of nitrogens with zero attached hydrogens (tertiary/aromatic N) is 1. The molecule has 1 aromatic carbocycles. The Labute approximate surface area is 78.4 Å². The van der Waals surface area contributed by atoms with E-state index in [-0.39, 0.29) is 0 Å². The highest BCUT2D eigenvalue weighted by molar-refractivity contribution is 5.79. The maximum absolute atomic E-state index is 5.08. The molecule has 0 amide bonds. The van der Waals surface area contributed by atoms with Crippen LogP contribution in [0.5, 0.6) is 5.75 Å². The van der Waals surface area contributed by atoms with E-state index in [1.54, 1.807) is 13.3 Å². The van der Waals surface area contributed by atoms with Gasteiger partial charge < -0.3 is 10.2 Å². The summed E-state index contributed by atoms with van der Waals surface area (Å²) in [5.41, 5.74) is 3.89. The van der Waals surface area contributed by atoms with Gasteiger partial charge in [-0.2, -0.15) is 5.10 Å². The van der Waals surface area contributed by atoms with Gasteiger partial charge in [0, 0.05) is 6.54 Å². The van der Waals surface area contributed by atoms with Gasteiger partial charge in [0.1, 0.15) is 5.75 Å². The zero-order chi connectivity index (χ0) is 9.52. The van der Waals surface area contributed by atoms with E-state index in [2.05, 4.69) is 10.5 Å². The molecule has 3 nitrogen and oxygen atoms in total. The summed E-state index contributed by atoms with van der Waals surface area (Å²) in [6.07, 6.45) is 1.77. The lowest BCUT2D eigenvalue weighted by Crippen LogP contribution is -2.03. The van der Waals surface area contributed by atoms with Crippen molar-refractivity contribution < 1.29 is 4.74 Å². The van der Waals surface area contributed by atoms with Gasteiger partial charge >= 0.3 is 0 Å². The van der Waals surface area contributed by atoms with Crippen LogP contribution in [0.1, 0.15) is 12.5 Å². The number of hydrogen-bond donors (Lipinski definition) is 1. The summed E-state index contributed by atoms with van der Waals surface area (Å²) in [5.74, 6) is 0.848. The van der Waals surface area contributed by atoms with Gasteiger partial charge in [0.2, 0.25) is 0 Å². The van der Waals surface area contributed by atoms with Crippen molar-refractivity contribution in [1.29, 1.82) is 0 Å². The monoisotopic (exact) mass is 178 g/mol. The first kappa shape index (κ1) is 9.58. The molecule has 13 heavy (non-hydrogen) atoms. The van der Waals surface area contributed by atoms with Crippen LogP contribution in [0.4, 0.5) is 0 Å².